The van der Waals surface area contributed by atoms with Crippen LogP contribution in [-0.2, 0) is 4.79 Å². The first-order valence-corrected chi connectivity index (χ1v) is 6.95. The van der Waals surface area contributed by atoms with Gasteiger partial charge in [-0.05, 0) is 25.8 Å². The Balaban J connectivity index is 2.15. The van der Waals surface area contributed by atoms with Crippen molar-refractivity contribution >= 4 is 5.97 Å². The lowest BCUT2D eigenvalue weighted by Crippen LogP contribution is -2.55. The van der Waals surface area contributed by atoms with Crippen molar-refractivity contribution in [2.75, 3.05) is 26.2 Å². The number of nitrogens with zero attached hydrogens (tertiary/aromatic N) is 1. The summed E-state index contributed by atoms with van der Waals surface area (Å²) in [6, 6.07) is 0. The van der Waals surface area contributed by atoms with Crippen molar-refractivity contribution in [3.8, 4) is 0 Å². The summed E-state index contributed by atoms with van der Waals surface area (Å²) >= 11 is 0. The lowest BCUT2D eigenvalue weighted by molar-refractivity contribution is -0.152. The van der Waals surface area contributed by atoms with Gasteiger partial charge in [0.05, 0.1) is 0 Å². The van der Waals surface area contributed by atoms with Gasteiger partial charge in [-0.2, -0.15) is 0 Å². The summed E-state index contributed by atoms with van der Waals surface area (Å²) < 4.78 is 0. The lowest BCUT2D eigenvalue weighted by Gasteiger charge is -2.39. The fourth-order valence-electron chi connectivity index (χ4n) is 3.25. The van der Waals surface area contributed by atoms with Crippen molar-refractivity contribution in [1.29, 1.82) is 0 Å². The number of carbonyl (C=O) groups is 1. The Morgan fingerprint density at radius 3 is 2.35 bits per heavy atom. The smallest absolute Gasteiger partial charge is 0.324 e. The molecule has 2 fully saturated rings. The maximum Gasteiger partial charge on any atom is 0.324 e. The van der Waals surface area contributed by atoms with Crippen LogP contribution < -0.4 is 5.32 Å². The average molecular weight is 240 g/mol. The van der Waals surface area contributed by atoms with Gasteiger partial charge >= 0.3 is 5.97 Å². The second-order valence-electron chi connectivity index (χ2n) is 5.34. The minimum Gasteiger partial charge on any atom is -0.480 e. The zero-order chi connectivity index (χ0) is 12.1. The Kier molecular flexibility index (Phi) is 4.40. The maximum atomic E-state index is 11.8. The largest absolute Gasteiger partial charge is 0.480 e. The van der Waals surface area contributed by atoms with E-state index in [1.165, 1.54) is 12.8 Å². The number of nitrogens with one attached hydrogen (secondary N) is 1. The molecule has 2 N–H and O–H groups in total. The number of aliphatic carboxylic acids is 1. The third-order valence-corrected chi connectivity index (χ3v) is 4.27. The fourth-order valence-corrected chi connectivity index (χ4v) is 3.25. The highest BCUT2D eigenvalue weighted by molar-refractivity contribution is 5.78. The summed E-state index contributed by atoms with van der Waals surface area (Å²) in [5.41, 5.74) is -0.567. The highest BCUT2D eigenvalue weighted by atomic mass is 16.4. The molecule has 1 aliphatic heterocycles. The van der Waals surface area contributed by atoms with Crippen LogP contribution in [0.25, 0.3) is 0 Å². The van der Waals surface area contributed by atoms with Crippen molar-refractivity contribution < 1.29 is 9.90 Å². The molecule has 2 rings (SSSR count). The summed E-state index contributed by atoms with van der Waals surface area (Å²) in [5.74, 6) is -0.596. The van der Waals surface area contributed by atoms with Crippen LogP contribution in [-0.4, -0.2) is 47.7 Å². The summed E-state index contributed by atoms with van der Waals surface area (Å²) in [5, 5.41) is 13.0. The van der Waals surface area contributed by atoms with Crippen LogP contribution >= 0.6 is 0 Å². The third-order valence-electron chi connectivity index (χ3n) is 4.27. The lowest BCUT2D eigenvalue weighted by atomic mass is 9.88. The highest BCUT2D eigenvalue weighted by Gasteiger charge is 2.43. The molecule has 0 aromatic carbocycles. The van der Waals surface area contributed by atoms with Crippen LogP contribution in [0.1, 0.15) is 44.9 Å². The molecule has 0 atom stereocenters. The summed E-state index contributed by atoms with van der Waals surface area (Å²) in [7, 11) is 0. The van der Waals surface area contributed by atoms with Gasteiger partial charge in [-0.15, -0.1) is 0 Å². The molecule has 0 aromatic heterocycles. The van der Waals surface area contributed by atoms with E-state index < -0.39 is 11.5 Å². The van der Waals surface area contributed by atoms with Gasteiger partial charge < -0.3 is 10.4 Å². The molecule has 0 aromatic rings. The molecule has 1 aliphatic carbocycles. The first-order chi connectivity index (χ1) is 8.26. The molecule has 98 valence electrons. The number of carboxylic acid groups (broad SMARTS) is 1. The Labute approximate surface area is 103 Å². The first-order valence-electron chi connectivity index (χ1n) is 6.95. The fraction of sp³-hybridized carbons (Fsp3) is 0.923. The Bertz CT molecular complexity index is 252. The molecular weight excluding hydrogens is 216 g/mol. The highest BCUT2D eigenvalue weighted by Crippen LogP contribution is 2.33. The third kappa shape index (κ3) is 2.80. The Morgan fingerprint density at radius 1 is 1.00 bits per heavy atom. The minimum atomic E-state index is -0.596. The van der Waals surface area contributed by atoms with E-state index in [1.54, 1.807) is 0 Å². The maximum absolute atomic E-state index is 11.8. The molecule has 1 heterocycles. The minimum absolute atomic E-state index is 0.567. The van der Waals surface area contributed by atoms with Gasteiger partial charge in [-0.3, -0.25) is 9.69 Å². The molecule has 0 bridgehead atoms. The molecule has 4 nitrogen and oxygen atoms in total. The topological polar surface area (TPSA) is 52.6 Å². The van der Waals surface area contributed by atoms with E-state index in [9.17, 15) is 9.90 Å². The molecular formula is C13H24N2O2. The van der Waals surface area contributed by atoms with Gasteiger partial charge in [0.25, 0.3) is 0 Å². The van der Waals surface area contributed by atoms with Crippen molar-refractivity contribution in [3.05, 3.63) is 0 Å². The van der Waals surface area contributed by atoms with Gasteiger partial charge in [0, 0.05) is 19.6 Å². The van der Waals surface area contributed by atoms with Crippen molar-refractivity contribution in [2.24, 2.45) is 0 Å². The Morgan fingerprint density at radius 2 is 1.71 bits per heavy atom. The van der Waals surface area contributed by atoms with E-state index >= 15 is 0 Å². The normalized spacial score (nSPS) is 27.1. The molecule has 1 saturated carbocycles. The molecule has 0 radical (unpaired) electrons. The molecule has 4 heteroatoms. The quantitative estimate of drug-likeness (QED) is 0.718. The van der Waals surface area contributed by atoms with Gasteiger partial charge in [0.2, 0.25) is 0 Å². The van der Waals surface area contributed by atoms with E-state index in [0.717, 1.165) is 58.3 Å². The van der Waals surface area contributed by atoms with Crippen molar-refractivity contribution in [2.45, 2.75) is 50.5 Å². The second-order valence-corrected chi connectivity index (χ2v) is 5.34. The molecule has 0 unspecified atom stereocenters. The van der Waals surface area contributed by atoms with Crippen LogP contribution in [0, 0.1) is 0 Å². The van der Waals surface area contributed by atoms with E-state index in [2.05, 4.69) is 10.2 Å². The van der Waals surface area contributed by atoms with E-state index in [1.807, 2.05) is 0 Å². The number of hydrogen-bond acceptors (Lipinski definition) is 3. The summed E-state index contributed by atoms with van der Waals surface area (Å²) in [6.07, 6.45) is 7.26. The molecule has 0 amide bonds. The standard InChI is InChI=1S/C13H24N2O2/c16-12(17)13(6-3-1-2-4-7-13)15-10-5-8-14-9-11-15/h14H,1-11H2,(H,16,17). The van der Waals surface area contributed by atoms with Crippen LogP contribution in [0.5, 0.6) is 0 Å². The summed E-state index contributed by atoms with van der Waals surface area (Å²) in [4.78, 5) is 14.0. The summed E-state index contributed by atoms with van der Waals surface area (Å²) in [6.45, 7) is 3.76. The first kappa shape index (κ1) is 12.8. The SMILES string of the molecule is O=C(O)C1(N2CCCNCC2)CCCCCC1. The van der Waals surface area contributed by atoms with Crippen molar-refractivity contribution in [3.63, 3.8) is 0 Å². The molecule has 1 saturated heterocycles. The molecule has 2 aliphatic rings. The Hall–Kier alpha value is -0.610. The number of rotatable bonds is 2. The van der Waals surface area contributed by atoms with E-state index in [4.69, 9.17) is 0 Å². The van der Waals surface area contributed by atoms with E-state index in [-0.39, 0.29) is 0 Å². The average Bonchev–Trinajstić information content (AvgIpc) is 2.72. The van der Waals surface area contributed by atoms with Crippen LogP contribution in [0.15, 0.2) is 0 Å². The van der Waals surface area contributed by atoms with Crippen molar-refractivity contribution in [1.82, 2.24) is 10.2 Å². The molecule has 17 heavy (non-hydrogen) atoms. The van der Waals surface area contributed by atoms with Gasteiger partial charge in [0.15, 0.2) is 0 Å². The van der Waals surface area contributed by atoms with E-state index in [0.29, 0.717) is 0 Å². The number of carboxylic acids is 1. The zero-order valence-electron chi connectivity index (χ0n) is 10.6. The monoisotopic (exact) mass is 240 g/mol. The van der Waals surface area contributed by atoms with Crippen LogP contribution in [0.2, 0.25) is 0 Å². The van der Waals surface area contributed by atoms with Crippen LogP contribution in [0.4, 0.5) is 0 Å². The van der Waals surface area contributed by atoms with Gasteiger partial charge in [0.1, 0.15) is 5.54 Å². The predicted molar refractivity (Wildman–Crippen MR) is 67.1 cm³/mol. The zero-order valence-corrected chi connectivity index (χ0v) is 10.6. The van der Waals surface area contributed by atoms with Gasteiger partial charge in [-0.25, -0.2) is 0 Å². The number of hydrogen-bond donors (Lipinski definition) is 2. The molecule has 0 spiro atoms. The van der Waals surface area contributed by atoms with Gasteiger partial charge in [-0.1, -0.05) is 25.7 Å². The van der Waals surface area contributed by atoms with Crippen LogP contribution in [0.3, 0.4) is 0 Å². The second kappa shape index (κ2) is 5.83. The predicted octanol–water partition coefficient (Wildman–Crippen LogP) is 1.46.